The van der Waals surface area contributed by atoms with E-state index in [0.717, 1.165) is 50.7 Å². The number of benzene rings is 1. The standard InChI is InChI=1S/C25H39N5O/c1-7-26-25(29(5)16-22-17-30(6)28-23(22)18(2)3)27-15-21-9-8-14-31-24(21)20-12-10-19(4)11-13-20/h10-13,17-18,21,24H,7-9,14-16H2,1-6H3,(H,26,27). The number of aromatic nitrogens is 2. The van der Waals surface area contributed by atoms with Crippen LogP contribution in [0.3, 0.4) is 0 Å². The molecule has 0 spiro atoms. The Balaban J connectivity index is 1.73. The Labute approximate surface area is 187 Å². The second kappa shape index (κ2) is 10.8. The molecule has 1 fully saturated rings. The number of nitrogens with zero attached hydrogens (tertiary/aromatic N) is 4. The third-order valence-electron chi connectivity index (χ3n) is 5.91. The van der Waals surface area contributed by atoms with Crippen molar-refractivity contribution in [3.8, 4) is 0 Å². The van der Waals surface area contributed by atoms with Gasteiger partial charge < -0.3 is 15.0 Å². The van der Waals surface area contributed by atoms with E-state index >= 15 is 0 Å². The Bertz CT molecular complexity index is 855. The molecule has 1 aliphatic rings. The Morgan fingerprint density at radius 1 is 1.32 bits per heavy atom. The molecule has 6 nitrogen and oxygen atoms in total. The molecule has 1 aliphatic heterocycles. The molecule has 31 heavy (non-hydrogen) atoms. The van der Waals surface area contributed by atoms with Gasteiger partial charge in [-0.2, -0.15) is 5.10 Å². The summed E-state index contributed by atoms with van der Waals surface area (Å²) in [7, 11) is 4.09. The fraction of sp³-hybridized carbons (Fsp3) is 0.600. The molecule has 6 heteroatoms. The predicted octanol–water partition coefficient (Wildman–Crippen LogP) is 4.42. The van der Waals surface area contributed by atoms with E-state index in [4.69, 9.17) is 9.73 Å². The lowest BCUT2D eigenvalue weighted by Crippen LogP contribution is -2.39. The maximum Gasteiger partial charge on any atom is 0.193 e. The van der Waals surface area contributed by atoms with Crippen LogP contribution in [-0.2, 0) is 18.3 Å². The lowest BCUT2D eigenvalue weighted by molar-refractivity contribution is -0.0250. The molecule has 2 aromatic rings. The van der Waals surface area contributed by atoms with Crippen LogP contribution in [0.15, 0.2) is 35.5 Å². The summed E-state index contributed by atoms with van der Waals surface area (Å²) in [6.07, 6.45) is 4.49. The first-order chi connectivity index (χ1) is 14.9. The minimum absolute atomic E-state index is 0.122. The summed E-state index contributed by atoms with van der Waals surface area (Å²) >= 11 is 0. The summed E-state index contributed by atoms with van der Waals surface area (Å²) in [6.45, 7) is 11.8. The molecule has 2 unspecified atom stereocenters. The molecule has 1 N–H and O–H groups in total. The molecule has 0 amide bonds. The number of guanidine groups is 1. The van der Waals surface area contributed by atoms with Crippen LogP contribution in [0.5, 0.6) is 0 Å². The van der Waals surface area contributed by atoms with E-state index in [1.54, 1.807) is 0 Å². The molecular formula is C25H39N5O. The highest BCUT2D eigenvalue weighted by atomic mass is 16.5. The third-order valence-corrected chi connectivity index (χ3v) is 5.91. The van der Waals surface area contributed by atoms with E-state index in [1.165, 1.54) is 16.7 Å². The van der Waals surface area contributed by atoms with Crippen LogP contribution in [0.2, 0.25) is 0 Å². The minimum Gasteiger partial charge on any atom is -0.373 e. The van der Waals surface area contributed by atoms with Gasteiger partial charge in [-0.05, 0) is 38.2 Å². The number of hydrogen-bond acceptors (Lipinski definition) is 3. The first-order valence-electron chi connectivity index (χ1n) is 11.6. The smallest absolute Gasteiger partial charge is 0.193 e. The van der Waals surface area contributed by atoms with Gasteiger partial charge >= 0.3 is 0 Å². The average Bonchev–Trinajstić information content (AvgIpc) is 3.12. The molecule has 0 bridgehead atoms. The van der Waals surface area contributed by atoms with Gasteiger partial charge in [0.25, 0.3) is 0 Å². The number of ether oxygens (including phenoxy) is 1. The fourth-order valence-electron chi connectivity index (χ4n) is 4.32. The van der Waals surface area contributed by atoms with Crippen LogP contribution in [0, 0.1) is 12.8 Å². The molecule has 2 heterocycles. The van der Waals surface area contributed by atoms with Gasteiger partial charge in [-0.25, -0.2) is 0 Å². The summed E-state index contributed by atoms with van der Waals surface area (Å²) in [5.74, 6) is 1.73. The Morgan fingerprint density at radius 2 is 2.06 bits per heavy atom. The third kappa shape index (κ3) is 6.10. The number of nitrogens with one attached hydrogen (secondary N) is 1. The highest BCUT2D eigenvalue weighted by Gasteiger charge is 2.27. The summed E-state index contributed by atoms with van der Waals surface area (Å²) in [4.78, 5) is 7.24. The van der Waals surface area contributed by atoms with E-state index < -0.39 is 0 Å². The maximum absolute atomic E-state index is 6.20. The van der Waals surface area contributed by atoms with E-state index in [-0.39, 0.29) is 6.10 Å². The Morgan fingerprint density at radius 3 is 2.74 bits per heavy atom. The Kier molecular flexibility index (Phi) is 8.13. The van der Waals surface area contributed by atoms with E-state index in [9.17, 15) is 0 Å². The van der Waals surface area contributed by atoms with Gasteiger partial charge in [0.15, 0.2) is 5.96 Å². The van der Waals surface area contributed by atoms with Crippen LogP contribution < -0.4 is 5.32 Å². The van der Waals surface area contributed by atoms with E-state index in [2.05, 4.69) is 80.5 Å². The molecule has 0 saturated carbocycles. The SMILES string of the molecule is CCNC(=NCC1CCCOC1c1ccc(C)cc1)N(C)Cc1cn(C)nc1C(C)C. The normalized spacial score (nSPS) is 19.6. The van der Waals surface area contributed by atoms with Crippen molar-refractivity contribution in [2.75, 3.05) is 26.7 Å². The van der Waals surface area contributed by atoms with Gasteiger partial charge in [0.1, 0.15) is 0 Å². The minimum atomic E-state index is 0.122. The van der Waals surface area contributed by atoms with Crippen molar-refractivity contribution in [1.29, 1.82) is 0 Å². The highest BCUT2D eigenvalue weighted by molar-refractivity contribution is 5.79. The molecule has 0 radical (unpaired) electrons. The van der Waals surface area contributed by atoms with Crippen molar-refractivity contribution in [3.05, 3.63) is 52.8 Å². The van der Waals surface area contributed by atoms with Crippen LogP contribution >= 0.6 is 0 Å². The van der Waals surface area contributed by atoms with Gasteiger partial charge in [-0.3, -0.25) is 9.67 Å². The number of hydrogen-bond donors (Lipinski definition) is 1. The van der Waals surface area contributed by atoms with Gasteiger partial charge in [-0.1, -0.05) is 43.7 Å². The molecular weight excluding hydrogens is 386 g/mol. The van der Waals surface area contributed by atoms with E-state index in [1.807, 2.05) is 11.7 Å². The van der Waals surface area contributed by atoms with Crippen molar-refractivity contribution >= 4 is 5.96 Å². The number of rotatable bonds is 7. The van der Waals surface area contributed by atoms with Gasteiger partial charge in [0.2, 0.25) is 0 Å². The summed E-state index contributed by atoms with van der Waals surface area (Å²) < 4.78 is 8.11. The van der Waals surface area contributed by atoms with Crippen molar-refractivity contribution in [2.45, 2.75) is 59.1 Å². The fourth-order valence-corrected chi connectivity index (χ4v) is 4.32. The summed E-state index contributed by atoms with van der Waals surface area (Å²) in [5.41, 5.74) is 4.96. The number of aryl methyl sites for hydroxylation is 2. The maximum atomic E-state index is 6.20. The summed E-state index contributed by atoms with van der Waals surface area (Å²) in [6, 6.07) is 8.75. The molecule has 1 aromatic heterocycles. The molecule has 2 atom stereocenters. The van der Waals surface area contributed by atoms with Gasteiger partial charge in [0, 0.05) is 58.0 Å². The van der Waals surface area contributed by atoms with Crippen LogP contribution in [-0.4, -0.2) is 47.4 Å². The zero-order valence-electron chi connectivity index (χ0n) is 20.1. The molecule has 3 rings (SSSR count). The van der Waals surface area contributed by atoms with Crippen molar-refractivity contribution < 1.29 is 4.74 Å². The van der Waals surface area contributed by atoms with Crippen LogP contribution in [0.4, 0.5) is 0 Å². The zero-order valence-corrected chi connectivity index (χ0v) is 20.1. The lowest BCUT2D eigenvalue weighted by atomic mass is 9.89. The predicted molar refractivity (Wildman–Crippen MR) is 127 cm³/mol. The summed E-state index contributed by atoms with van der Waals surface area (Å²) in [5, 5.41) is 8.12. The van der Waals surface area contributed by atoms with Crippen LogP contribution in [0.25, 0.3) is 0 Å². The second-order valence-corrected chi connectivity index (χ2v) is 9.02. The quantitative estimate of drug-likeness (QED) is 0.527. The average molecular weight is 426 g/mol. The molecule has 1 saturated heterocycles. The van der Waals surface area contributed by atoms with Gasteiger partial charge in [-0.15, -0.1) is 0 Å². The largest absolute Gasteiger partial charge is 0.373 e. The van der Waals surface area contributed by atoms with E-state index in [0.29, 0.717) is 11.8 Å². The van der Waals surface area contributed by atoms with Crippen molar-refractivity contribution in [1.82, 2.24) is 20.0 Å². The Hall–Kier alpha value is -2.34. The van der Waals surface area contributed by atoms with Gasteiger partial charge in [0.05, 0.1) is 11.8 Å². The topological polar surface area (TPSA) is 54.7 Å². The van der Waals surface area contributed by atoms with Crippen LogP contribution in [0.1, 0.15) is 68.0 Å². The first kappa shape index (κ1) is 23.3. The molecule has 0 aliphatic carbocycles. The number of aliphatic imine (C=N–C) groups is 1. The highest BCUT2D eigenvalue weighted by Crippen LogP contribution is 2.34. The lowest BCUT2D eigenvalue weighted by Gasteiger charge is -2.32. The monoisotopic (exact) mass is 425 g/mol. The molecule has 170 valence electrons. The second-order valence-electron chi connectivity index (χ2n) is 9.02. The zero-order chi connectivity index (χ0) is 22.4. The van der Waals surface area contributed by atoms with Crippen molar-refractivity contribution in [2.24, 2.45) is 18.0 Å². The first-order valence-corrected chi connectivity index (χ1v) is 11.6. The molecule has 1 aromatic carbocycles. The van der Waals surface area contributed by atoms with Crippen molar-refractivity contribution in [3.63, 3.8) is 0 Å².